The monoisotopic (exact) mass is 298 g/mol. The Morgan fingerprint density at radius 1 is 1.29 bits per heavy atom. The van der Waals surface area contributed by atoms with Crippen LogP contribution in [0.5, 0.6) is 0 Å². The molecule has 2 N–H and O–H groups in total. The van der Waals surface area contributed by atoms with Gasteiger partial charge >= 0.3 is 11.8 Å². The van der Waals surface area contributed by atoms with Gasteiger partial charge in [-0.3, -0.25) is 9.59 Å². The normalized spacial score (nSPS) is 11.7. The van der Waals surface area contributed by atoms with Crippen LogP contribution in [0.4, 0.5) is 5.69 Å². The molecule has 1 aromatic rings. The maximum absolute atomic E-state index is 11.6. The summed E-state index contributed by atoms with van der Waals surface area (Å²) in [7, 11) is 0. The smallest absolute Gasteiger partial charge is 0.313 e. The number of rotatable bonds is 3. The quantitative estimate of drug-likeness (QED) is 0.841. The van der Waals surface area contributed by atoms with Crippen molar-refractivity contribution in [2.24, 2.45) is 0 Å². The van der Waals surface area contributed by atoms with Crippen molar-refractivity contribution >= 4 is 33.4 Å². The Balaban J connectivity index is 2.61. The first-order valence-corrected chi connectivity index (χ1v) is 6.20. The molecule has 0 aliphatic rings. The average molecular weight is 299 g/mol. The van der Waals surface area contributed by atoms with Crippen LogP contribution < -0.4 is 10.6 Å². The third-order valence-corrected chi connectivity index (χ3v) is 3.01. The van der Waals surface area contributed by atoms with Crippen LogP contribution in [-0.4, -0.2) is 17.9 Å². The lowest BCUT2D eigenvalue weighted by Gasteiger charge is -2.11. The Hall–Kier alpha value is -1.36. The molecular formula is C12H15BrN2O2. The number of nitrogens with one attached hydrogen (secondary N) is 2. The van der Waals surface area contributed by atoms with Gasteiger partial charge in [-0.15, -0.1) is 0 Å². The number of halogens is 1. The summed E-state index contributed by atoms with van der Waals surface area (Å²) in [5.41, 5.74) is 0.580. The van der Waals surface area contributed by atoms with E-state index in [1.165, 1.54) is 0 Å². The Morgan fingerprint density at radius 2 is 1.94 bits per heavy atom. The van der Waals surface area contributed by atoms with Crippen molar-refractivity contribution in [3.05, 3.63) is 28.7 Å². The van der Waals surface area contributed by atoms with Crippen LogP contribution in [-0.2, 0) is 9.59 Å². The van der Waals surface area contributed by atoms with E-state index in [1.54, 1.807) is 18.2 Å². The zero-order valence-corrected chi connectivity index (χ0v) is 11.4. The molecular weight excluding hydrogens is 284 g/mol. The molecule has 0 unspecified atom stereocenters. The van der Waals surface area contributed by atoms with Gasteiger partial charge < -0.3 is 10.6 Å². The van der Waals surface area contributed by atoms with Gasteiger partial charge in [0.05, 0.1) is 5.69 Å². The molecule has 0 saturated carbocycles. The Morgan fingerprint density at radius 3 is 2.53 bits per heavy atom. The van der Waals surface area contributed by atoms with Crippen LogP contribution >= 0.6 is 15.9 Å². The van der Waals surface area contributed by atoms with Gasteiger partial charge in [0.25, 0.3) is 0 Å². The predicted molar refractivity (Wildman–Crippen MR) is 70.7 cm³/mol. The number of carbonyl (C=O) groups is 2. The highest BCUT2D eigenvalue weighted by Gasteiger charge is 2.16. The largest absolute Gasteiger partial charge is 0.345 e. The first-order chi connectivity index (χ1) is 8.04. The molecule has 0 saturated heterocycles. The summed E-state index contributed by atoms with van der Waals surface area (Å²) in [6.07, 6.45) is 0.786. The third kappa shape index (κ3) is 4.19. The molecule has 1 aromatic carbocycles. The SMILES string of the molecule is CC[C@@H](C)NC(=O)C(=O)Nc1ccccc1Br. The highest BCUT2D eigenvalue weighted by Crippen LogP contribution is 2.20. The molecule has 0 aliphatic heterocycles. The second-order valence-electron chi connectivity index (χ2n) is 3.72. The van der Waals surface area contributed by atoms with Gasteiger partial charge in [0.2, 0.25) is 0 Å². The lowest BCUT2D eigenvalue weighted by molar-refractivity contribution is -0.136. The van der Waals surface area contributed by atoms with E-state index in [0.29, 0.717) is 5.69 Å². The summed E-state index contributed by atoms with van der Waals surface area (Å²) >= 11 is 3.29. The third-order valence-electron chi connectivity index (χ3n) is 2.32. The van der Waals surface area contributed by atoms with E-state index in [1.807, 2.05) is 19.9 Å². The number of anilines is 1. The molecule has 92 valence electrons. The van der Waals surface area contributed by atoms with Gasteiger partial charge in [0.15, 0.2) is 0 Å². The molecule has 2 amide bonds. The highest BCUT2D eigenvalue weighted by atomic mass is 79.9. The molecule has 0 fully saturated rings. The van der Waals surface area contributed by atoms with Gasteiger partial charge in [0.1, 0.15) is 0 Å². The number of hydrogen-bond donors (Lipinski definition) is 2. The van der Waals surface area contributed by atoms with Crippen molar-refractivity contribution in [3.8, 4) is 0 Å². The van der Waals surface area contributed by atoms with Crippen LogP contribution in [0.1, 0.15) is 20.3 Å². The summed E-state index contributed by atoms with van der Waals surface area (Å²) in [5.74, 6) is -1.27. The maximum atomic E-state index is 11.6. The van der Waals surface area contributed by atoms with Gasteiger partial charge in [-0.2, -0.15) is 0 Å². The average Bonchev–Trinajstić information content (AvgIpc) is 2.31. The minimum absolute atomic E-state index is 0.00698. The summed E-state index contributed by atoms with van der Waals surface area (Å²) in [6, 6.07) is 7.12. The van der Waals surface area contributed by atoms with Crippen molar-refractivity contribution in [1.82, 2.24) is 5.32 Å². The molecule has 0 spiro atoms. The molecule has 5 heteroatoms. The van der Waals surface area contributed by atoms with Gasteiger partial charge in [-0.1, -0.05) is 19.1 Å². The topological polar surface area (TPSA) is 58.2 Å². The molecule has 0 heterocycles. The number of hydrogen-bond acceptors (Lipinski definition) is 2. The molecule has 0 radical (unpaired) electrons. The maximum Gasteiger partial charge on any atom is 0.313 e. The van der Waals surface area contributed by atoms with Crippen molar-refractivity contribution in [2.75, 3.05) is 5.32 Å². The second kappa shape index (κ2) is 6.39. The van der Waals surface area contributed by atoms with Crippen LogP contribution in [0.25, 0.3) is 0 Å². The lowest BCUT2D eigenvalue weighted by atomic mass is 10.2. The summed E-state index contributed by atoms with van der Waals surface area (Å²) in [5, 5.41) is 5.14. The number of amides is 2. The van der Waals surface area contributed by atoms with Gasteiger partial charge in [-0.05, 0) is 41.4 Å². The predicted octanol–water partition coefficient (Wildman–Crippen LogP) is 2.30. The molecule has 4 nitrogen and oxygen atoms in total. The Labute approximate surface area is 109 Å². The Kier molecular flexibility index (Phi) is 5.15. The van der Waals surface area contributed by atoms with Crippen LogP contribution in [0, 0.1) is 0 Å². The fraction of sp³-hybridized carbons (Fsp3) is 0.333. The first kappa shape index (κ1) is 13.7. The van der Waals surface area contributed by atoms with E-state index in [2.05, 4.69) is 26.6 Å². The van der Waals surface area contributed by atoms with Crippen molar-refractivity contribution in [3.63, 3.8) is 0 Å². The number of para-hydroxylation sites is 1. The fourth-order valence-electron chi connectivity index (χ4n) is 1.13. The zero-order chi connectivity index (χ0) is 12.8. The van der Waals surface area contributed by atoms with Gasteiger partial charge in [0, 0.05) is 10.5 Å². The lowest BCUT2D eigenvalue weighted by Crippen LogP contribution is -2.40. The standard InChI is InChI=1S/C12H15BrN2O2/c1-3-8(2)14-11(16)12(17)15-10-7-5-4-6-9(10)13/h4-8H,3H2,1-2H3,(H,14,16)(H,15,17)/t8-/m1/s1. The summed E-state index contributed by atoms with van der Waals surface area (Å²) in [6.45, 7) is 3.79. The first-order valence-electron chi connectivity index (χ1n) is 5.41. The minimum Gasteiger partial charge on any atom is -0.345 e. The molecule has 0 aliphatic carbocycles. The van der Waals surface area contributed by atoms with E-state index in [9.17, 15) is 9.59 Å². The van der Waals surface area contributed by atoms with Crippen molar-refractivity contribution < 1.29 is 9.59 Å². The molecule has 0 aromatic heterocycles. The molecule has 1 rings (SSSR count). The van der Waals surface area contributed by atoms with Crippen molar-refractivity contribution in [2.45, 2.75) is 26.3 Å². The van der Waals surface area contributed by atoms with Crippen LogP contribution in [0.3, 0.4) is 0 Å². The molecule has 17 heavy (non-hydrogen) atoms. The van der Waals surface area contributed by atoms with Crippen LogP contribution in [0.15, 0.2) is 28.7 Å². The van der Waals surface area contributed by atoms with Crippen LogP contribution in [0.2, 0.25) is 0 Å². The van der Waals surface area contributed by atoms with E-state index >= 15 is 0 Å². The number of benzene rings is 1. The second-order valence-corrected chi connectivity index (χ2v) is 4.57. The highest BCUT2D eigenvalue weighted by molar-refractivity contribution is 9.10. The fourth-order valence-corrected chi connectivity index (χ4v) is 1.52. The molecule has 0 bridgehead atoms. The van der Waals surface area contributed by atoms with E-state index in [0.717, 1.165) is 10.9 Å². The van der Waals surface area contributed by atoms with Crippen molar-refractivity contribution in [1.29, 1.82) is 0 Å². The Bertz CT molecular complexity index is 421. The minimum atomic E-state index is -0.655. The van der Waals surface area contributed by atoms with Gasteiger partial charge in [-0.25, -0.2) is 0 Å². The van der Waals surface area contributed by atoms with E-state index in [4.69, 9.17) is 0 Å². The zero-order valence-electron chi connectivity index (χ0n) is 9.79. The number of carbonyl (C=O) groups excluding carboxylic acids is 2. The van der Waals surface area contributed by atoms with E-state index in [-0.39, 0.29) is 6.04 Å². The summed E-state index contributed by atoms with van der Waals surface area (Å²) in [4.78, 5) is 23.1. The van der Waals surface area contributed by atoms with E-state index < -0.39 is 11.8 Å². The summed E-state index contributed by atoms with van der Waals surface area (Å²) < 4.78 is 0.740. The molecule has 1 atom stereocenters.